The summed E-state index contributed by atoms with van der Waals surface area (Å²) in [5, 5.41) is 3.36. The zero-order chi connectivity index (χ0) is 22.6. The van der Waals surface area contributed by atoms with Crippen molar-refractivity contribution in [3.05, 3.63) is 34.9 Å². The van der Waals surface area contributed by atoms with Gasteiger partial charge in [0.1, 0.15) is 0 Å². The van der Waals surface area contributed by atoms with Crippen LogP contribution in [0.3, 0.4) is 0 Å². The Kier molecular flexibility index (Phi) is 7.78. The van der Waals surface area contributed by atoms with Crippen molar-refractivity contribution in [2.24, 2.45) is 5.73 Å². The molecule has 1 amide bonds. The molecule has 1 fully saturated rings. The van der Waals surface area contributed by atoms with E-state index in [4.69, 9.17) is 10.5 Å². The van der Waals surface area contributed by atoms with Gasteiger partial charge in [-0.1, -0.05) is 39.2 Å². The molecule has 4 N–H and O–H groups in total. The van der Waals surface area contributed by atoms with Crippen molar-refractivity contribution in [2.75, 3.05) is 20.2 Å². The second kappa shape index (κ2) is 9.98. The van der Waals surface area contributed by atoms with Gasteiger partial charge in [-0.15, -0.1) is 0 Å². The molecule has 31 heavy (non-hydrogen) atoms. The minimum absolute atomic E-state index is 0.0131. The number of primary amides is 1. The van der Waals surface area contributed by atoms with E-state index in [-0.39, 0.29) is 22.8 Å². The summed E-state index contributed by atoms with van der Waals surface area (Å²) in [5.41, 5.74) is 8.00. The summed E-state index contributed by atoms with van der Waals surface area (Å²) in [7, 11) is -1.51. The number of nitrogens with one attached hydrogen (secondary N) is 2. The molecule has 0 bridgehead atoms. The lowest BCUT2D eigenvalue weighted by atomic mass is 9.67. The third-order valence-electron chi connectivity index (χ3n) is 6.97. The molecule has 0 spiro atoms. The molecule has 8 heteroatoms. The number of sulfonamides is 1. The van der Waals surface area contributed by atoms with Crippen molar-refractivity contribution in [3.8, 4) is 0 Å². The van der Waals surface area contributed by atoms with E-state index in [1.165, 1.54) is 5.56 Å². The van der Waals surface area contributed by atoms with Gasteiger partial charge in [0.05, 0.1) is 11.4 Å². The molecule has 1 aromatic carbocycles. The second-order valence-corrected chi connectivity index (χ2v) is 11.5. The van der Waals surface area contributed by atoms with Crippen LogP contribution in [0.5, 0.6) is 0 Å². The maximum Gasteiger partial charge on any atom is 0.248 e. The molecule has 2 atom stereocenters. The largest absolute Gasteiger partial charge is 0.379 e. The minimum atomic E-state index is -3.23. The Labute approximate surface area is 186 Å². The highest BCUT2D eigenvalue weighted by atomic mass is 32.2. The van der Waals surface area contributed by atoms with Crippen LogP contribution in [0.1, 0.15) is 73.9 Å². The van der Waals surface area contributed by atoms with Crippen molar-refractivity contribution < 1.29 is 17.9 Å². The molecule has 2 aliphatic carbocycles. The van der Waals surface area contributed by atoms with Crippen LogP contribution in [-0.4, -0.2) is 51.9 Å². The van der Waals surface area contributed by atoms with Crippen molar-refractivity contribution in [1.29, 1.82) is 0 Å². The molecule has 2 aliphatic rings. The molecule has 0 radical (unpaired) electrons. The SMILES string of the molecule is COC1Cc2ccc(C(N)=O)cc2C(C)(C)C1NCCCNS(=O)(=O)C1CCCCC1. The van der Waals surface area contributed by atoms with Gasteiger partial charge in [0.2, 0.25) is 15.9 Å². The zero-order valence-electron chi connectivity index (χ0n) is 18.9. The van der Waals surface area contributed by atoms with E-state index in [2.05, 4.69) is 23.9 Å². The molecule has 2 unspecified atom stereocenters. The molecule has 0 heterocycles. The number of amides is 1. The molecule has 0 saturated heterocycles. The Bertz CT molecular complexity index is 879. The predicted molar refractivity (Wildman–Crippen MR) is 123 cm³/mol. The quantitative estimate of drug-likeness (QED) is 0.499. The summed E-state index contributed by atoms with van der Waals surface area (Å²) in [6.45, 7) is 5.39. The number of hydrogen-bond donors (Lipinski definition) is 3. The number of hydrogen-bond acceptors (Lipinski definition) is 5. The van der Waals surface area contributed by atoms with Gasteiger partial charge in [0, 0.05) is 37.1 Å². The standard InChI is InChI=1S/C23H37N3O4S/c1-23(2)19-14-17(22(24)27)11-10-16(19)15-20(30-3)21(23)25-12-7-13-26-31(28,29)18-8-5-4-6-9-18/h10-11,14,18,20-21,25-26H,4-9,12-13,15H2,1-3H3,(H2,24,27). The van der Waals surface area contributed by atoms with Crippen molar-refractivity contribution in [2.45, 2.75) is 81.6 Å². The Morgan fingerprint density at radius 1 is 1.19 bits per heavy atom. The average Bonchev–Trinajstić information content (AvgIpc) is 2.74. The lowest BCUT2D eigenvalue weighted by Crippen LogP contribution is -2.57. The fourth-order valence-corrected chi connectivity index (χ4v) is 6.75. The third-order valence-corrected chi connectivity index (χ3v) is 8.93. The second-order valence-electron chi connectivity index (χ2n) is 9.42. The fraction of sp³-hybridized carbons (Fsp3) is 0.696. The van der Waals surface area contributed by atoms with Crippen molar-refractivity contribution >= 4 is 15.9 Å². The number of methoxy groups -OCH3 is 1. The highest BCUT2D eigenvalue weighted by Gasteiger charge is 2.42. The van der Waals surface area contributed by atoms with Gasteiger partial charge in [0.25, 0.3) is 0 Å². The maximum atomic E-state index is 12.5. The topological polar surface area (TPSA) is 111 Å². The number of carbonyl (C=O) groups is 1. The van der Waals surface area contributed by atoms with E-state index in [9.17, 15) is 13.2 Å². The molecule has 0 aromatic heterocycles. The van der Waals surface area contributed by atoms with Gasteiger partial charge in [0.15, 0.2) is 0 Å². The van der Waals surface area contributed by atoms with E-state index in [0.717, 1.165) is 44.1 Å². The van der Waals surface area contributed by atoms with Gasteiger partial charge in [-0.3, -0.25) is 4.79 Å². The highest BCUT2D eigenvalue weighted by Crippen LogP contribution is 2.38. The van der Waals surface area contributed by atoms with Crippen LogP contribution in [-0.2, 0) is 26.6 Å². The van der Waals surface area contributed by atoms with Gasteiger partial charge in [-0.2, -0.15) is 0 Å². The summed E-state index contributed by atoms with van der Waals surface area (Å²) in [5.74, 6) is -0.428. The summed E-state index contributed by atoms with van der Waals surface area (Å²) in [6, 6.07) is 5.68. The Morgan fingerprint density at radius 3 is 2.55 bits per heavy atom. The predicted octanol–water partition coefficient (Wildman–Crippen LogP) is 2.23. The fourth-order valence-electron chi connectivity index (χ4n) is 5.13. The number of rotatable bonds is 9. The van der Waals surface area contributed by atoms with Crippen LogP contribution >= 0.6 is 0 Å². The first-order valence-corrected chi connectivity index (χ1v) is 12.9. The zero-order valence-corrected chi connectivity index (χ0v) is 19.8. The Hall–Kier alpha value is -1.48. The first-order chi connectivity index (χ1) is 14.7. The molecular weight excluding hydrogens is 414 g/mol. The lowest BCUT2D eigenvalue weighted by Gasteiger charge is -2.45. The number of fused-ring (bicyclic) bond motifs is 1. The number of carbonyl (C=O) groups excluding carboxylic acids is 1. The number of ether oxygens (including phenoxy) is 1. The Balaban J connectivity index is 1.60. The summed E-state index contributed by atoms with van der Waals surface area (Å²) in [4.78, 5) is 11.7. The van der Waals surface area contributed by atoms with Crippen LogP contribution in [0, 0.1) is 0 Å². The van der Waals surface area contributed by atoms with Crippen LogP contribution in [0.15, 0.2) is 18.2 Å². The van der Waals surface area contributed by atoms with Gasteiger partial charge < -0.3 is 15.8 Å². The smallest absolute Gasteiger partial charge is 0.248 e. The van der Waals surface area contributed by atoms with E-state index in [1.54, 1.807) is 13.2 Å². The first kappa shape index (κ1) is 24.2. The molecule has 3 rings (SSSR count). The minimum Gasteiger partial charge on any atom is -0.379 e. The maximum absolute atomic E-state index is 12.5. The molecule has 174 valence electrons. The number of benzene rings is 1. The lowest BCUT2D eigenvalue weighted by molar-refractivity contribution is 0.0357. The molecule has 7 nitrogen and oxygen atoms in total. The molecule has 0 aliphatic heterocycles. The average molecular weight is 452 g/mol. The van der Waals surface area contributed by atoms with Crippen molar-refractivity contribution in [1.82, 2.24) is 10.0 Å². The molecule has 1 aromatic rings. The summed E-state index contributed by atoms with van der Waals surface area (Å²) in [6.07, 6.45) is 6.11. The van der Waals surface area contributed by atoms with E-state index >= 15 is 0 Å². The molecular formula is C23H37N3O4S. The van der Waals surface area contributed by atoms with Crippen molar-refractivity contribution in [3.63, 3.8) is 0 Å². The van der Waals surface area contributed by atoms with Crippen LogP contribution < -0.4 is 15.8 Å². The monoisotopic (exact) mass is 451 g/mol. The summed E-state index contributed by atoms with van der Waals surface area (Å²) >= 11 is 0. The van der Waals surface area contributed by atoms with E-state index in [1.807, 2.05) is 12.1 Å². The van der Waals surface area contributed by atoms with Crippen LogP contribution in [0.2, 0.25) is 0 Å². The summed E-state index contributed by atoms with van der Waals surface area (Å²) < 4.78 is 33.6. The third kappa shape index (κ3) is 5.48. The van der Waals surface area contributed by atoms with E-state index in [0.29, 0.717) is 25.1 Å². The van der Waals surface area contributed by atoms with Gasteiger partial charge in [-0.25, -0.2) is 13.1 Å². The number of nitrogens with two attached hydrogens (primary N) is 1. The van der Waals surface area contributed by atoms with E-state index < -0.39 is 15.9 Å². The Morgan fingerprint density at radius 2 is 1.90 bits per heavy atom. The highest BCUT2D eigenvalue weighted by molar-refractivity contribution is 7.90. The molecule has 1 saturated carbocycles. The van der Waals surface area contributed by atoms with Crippen LogP contribution in [0.4, 0.5) is 0 Å². The normalized spacial score (nSPS) is 24.0. The van der Waals surface area contributed by atoms with Crippen LogP contribution in [0.25, 0.3) is 0 Å². The van der Waals surface area contributed by atoms with Gasteiger partial charge in [-0.05, 0) is 49.1 Å². The first-order valence-electron chi connectivity index (χ1n) is 11.3. The van der Waals surface area contributed by atoms with Gasteiger partial charge >= 0.3 is 0 Å².